The number of rotatable bonds is 3. The summed E-state index contributed by atoms with van der Waals surface area (Å²) in [6, 6.07) is 0. The molecule has 0 unspecified atom stereocenters. The van der Waals surface area contributed by atoms with E-state index in [-0.39, 0.29) is 24.8 Å². The van der Waals surface area contributed by atoms with Crippen molar-refractivity contribution in [1.29, 1.82) is 0 Å². The van der Waals surface area contributed by atoms with E-state index >= 15 is 0 Å². The van der Waals surface area contributed by atoms with Crippen LogP contribution in [0.4, 0.5) is 0 Å². The predicted molar refractivity (Wildman–Crippen MR) is 108 cm³/mol. The van der Waals surface area contributed by atoms with Crippen molar-refractivity contribution in [2.45, 2.75) is 48.0 Å². The van der Waals surface area contributed by atoms with E-state index in [0.29, 0.717) is 0 Å². The maximum absolute atomic E-state index is 6.68. The minimum absolute atomic E-state index is 0. The largest absolute Gasteiger partial charge is 0.147 e. The molecule has 0 radical (unpaired) electrons. The topological polar surface area (TPSA) is 9.23 Å². The first-order chi connectivity index (χ1) is 9.84. The number of hydrogen-bond donors (Lipinski definition) is 0. The van der Waals surface area contributed by atoms with Gasteiger partial charge in [-0.3, -0.25) is 0 Å². The van der Waals surface area contributed by atoms with Crippen LogP contribution in [0.1, 0.15) is 42.5 Å². The smallest absolute Gasteiger partial charge is 0.147 e. The van der Waals surface area contributed by atoms with Gasteiger partial charge in [0.05, 0.1) is 0 Å². The van der Waals surface area contributed by atoms with Crippen molar-refractivity contribution in [3.8, 4) is 5.75 Å². The molecule has 0 fully saturated rings. The maximum Gasteiger partial charge on any atom is -0.147 e. The quantitative estimate of drug-likeness (QED) is 0.695. The fourth-order valence-electron chi connectivity index (χ4n) is 2.83. The van der Waals surface area contributed by atoms with Crippen LogP contribution in [0.3, 0.4) is 0 Å². The molecule has 1 aliphatic carbocycles. The van der Waals surface area contributed by atoms with Gasteiger partial charge >= 0.3 is 138 Å². The molecule has 5 heteroatoms. The number of hydrogen-bond acceptors (Lipinski definition) is 1. The third-order valence-electron chi connectivity index (χ3n) is 4.65. The average Bonchev–Trinajstić information content (AvgIpc) is 2.96. The van der Waals surface area contributed by atoms with Gasteiger partial charge in [-0.05, 0) is 0 Å². The molecule has 1 aliphatic rings. The molecule has 0 spiro atoms. The number of halogens is 2. The molecule has 128 valence electrons. The van der Waals surface area contributed by atoms with Crippen LogP contribution in [0.2, 0.25) is 0 Å². The summed E-state index contributed by atoms with van der Waals surface area (Å²) in [7, 11) is 1.09. The van der Waals surface area contributed by atoms with E-state index < -0.39 is 17.8 Å². The minimum atomic E-state index is -1.78. The van der Waals surface area contributed by atoms with Crippen LogP contribution < -0.4 is 8.51 Å². The molecule has 0 aliphatic heterocycles. The number of benzene rings is 1. The molecule has 0 saturated carbocycles. The second-order valence-corrected chi connectivity index (χ2v) is 11.1. The molecule has 0 aromatic heterocycles. The zero-order chi connectivity index (χ0) is 15.7. The Kier molecular flexibility index (Phi) is 9.34. The van der Waals surface area contributed by atoms with Crippen LogP contribution >= 0.6 is 24.8 Å². The van der Waals surface area contributed by atoms with Crippen molar-refractivity contribution in [1.82, 2.24) is 0 Å². The van der Waals surface area contributed by atoms with Gasteiger partial charge in [0.1, 0.15) is 0 Å². The van der Waals surface area contributed by atoms with E-state index in [0.717, 1.165) is 16.7 Å². The molecule has 1 nitrogen and oxygen atoms in total. The molecular formula is C18H28Cl2OSiTi. The van der Waals surface area contributed by atoms with E-state index in [1.165, 1.54) is 40.9 Å². The first kappa shape index (κ1) is 22.9. The van der Waals surface area contributed by atoms with Crippen LogP contribution in [0.15, 0.2) is 22.1 Å². The first-order valence-corrected chi connectivity index (χ1v) is 10.8. The third kappa shape index (κ3) is 4.70. The Morgan fingerprint density at radius 3 is 2.09 bits per heavy atom. The van der Waals surface area contributed by atoms with Crippen LogP contribution in [-0.4, -0.2) is 14.1 Å². The fraction of sp³-hybridized carbons (Fsp3) is 0.389. The summed E-state index contributed by atoms with van der Waals surface area (Å²) in [4.78, 5) is 0. The standard InChI is InChI=1S/C10H16OSi.C5H5.C3H6.2ClH.Ti/c1-5-6(2)9(11)8(4)10(12)7(5)3;1-2-4-5-3-1;1-3-2;;;/h11H,1-4,12H3;1-3H,4H2;1-2H3;2*1H;/q;;;;;+1/p-1. The van der Waals surface area contributed by atoms with Gasteiger partial charge in [0, 0.05) is 0 Å². The Balaban J connectivity index is 0.00000242. The van der Waals surface area contributed by atoms with Crippen LogP contribution in [0, 0.1) is 27.7 Å². The van der Waals surface area contributed by atoms with Crippen LogP contribution in [0.25, 0.3) is 0 Å². The van der Waals surface area contributed by atoms with Crippen molar-refractivity contribution in [2.75, 3.05) is 0 Å². The summed E-state index contributed by atoms with van der Waals surface area (Å²) < 4.78 is 9.69. The van der Waals surface area contributed by atoms with Gasteiger partial charge in [-0.1, -0.05) is 0 Å². The summed E-state index contributed by atoms with van der Waals surface area (Å²) in [5.74, 6) is 1.17. The molecule has 1 aromatic carbocycles. The van der Waals surface area contributed by atoms with E-state index in [9.17, 15) is 0 Å². The summed E-state index contributed by atoms with van der Waals surface area (Å²) >= 11 is -1.78. The van der Waals surface area contributed by atoms with Crippen LogP contribution in [0.5, 0.6) is 5.75 Å². The normalized spacial score (nSPS) is 12.3. The molecule has 0 bridgehead atoms. The van der Waals surface area contributed by atoms with Crippen molar-refractivity contribution < 1.29 is 21.1 Å². The summed E-state index contributed by atoms with van der Waals surface area (Å²) in [6.45, 7) is 13.4. The summed E-state index contributed by atoms with van der Waals surface area (Å²) in [5, 5.41) is 1.51. The molecule has 1 aromatic rings. The monoisotopic (exact) mass is 406 g/mol. The van der Waals surface area contributed by atoms with Gasteiger partial charge in [0.2, 0.25) is 0 Å². The minimum Gasteiger partial charge on any atom is -0.147 e. The Hall–Kier alpha value is -0.119. The zero-order valence-corrected chi connectivity index (χ0v) is 20.4. The Morgan fingerprint density at radius 1 is 1.00 bits per heavy atom. The molecule has 0 heterocycles. The molecule has 0 amide bonds. The Bertz CT molecular complexity index is 658. The molecule has 23 heavy (non-hydrogen) atoms. The van der Waals surface area contributed by atoms with Gasteiger partial charge in [-0.25, -0.2) is 0 Å². The van der Waals surface area contributed by atoms with E-state index in [4.69, 9.17) is 3.32 Å². The summed E-state index contributed by atoms with van der Waals surface area (Å²) in [6.07, 6.45) is 7.77. The molecule has 0 saturated heterocycles. The van der Waals surface area contributed by atoms with Crippen molar-refractivity contribution in [2.24, 2.45) is 0 Å². The number of allylic oxidation sites excluding steroid dienone is 4. The van der Waals surface area contributed by atoms with Gasteiger partial charge in [-0.15, -0.1) is 24.8 Å². The van der Waals surface area contributed by atoms with Gasteiger partial charge in [0.25, 0.3) is 0 Å². The van der Waals surface area contributed by atoms with Crippen molar-refractivity contribution >= 4 is 44.1 Å². The second kappa shape index (κ2) is 9.39. The fourth-order valence-corrected chi connectivity index (χ4v) is 6.61. The second-order valence-electron chi connectivity index (χ2n) is 6.21. The van der Waals surface area contributed by atoms with E-state index in [2.05, 4.69) is 59.8 Å². The molecular weight excluding hydrogens is 379 g/mol. The Labute approximate surface area is 162 Å². The predicted octanol–water partition coefficient (Wildman–Crippen LogP) is 3.72. The van der Waals surface area contributed by atoms with Crippen LogP contribution in [-0.2, 0) is 17.8 Å². The first-order valence-electron chi connectivity index (χ1n) is 7.63. The molecule has 0 N–H and O–H groups in total. The molecule has 0 atom stereocenters. The van der Waals surface area contributed by atoms with Crippen molar-refractivity contribution in [3.63, 3.8) is 0 Å². The van der Waals surface area contributed by atoms with Gasteiger partial charge < -0.3 is 0 Å². The molecule has 2 rings (SSSR count). The zero-order valence-electron chi connectivity index (χ0n) is 15.2. The van der Waals surface area contributed by atoms with E-state index in [1.807, 2.05) is 0 Å². The van der Waals surface area contributed by atoms with Gasteiger partial charge in [-0.2, -0.15) is 0 Å². The summed E-state index contributed by atoms with van der Waals surface area (Å²) in [5.41, 5.74) is 5.58. The van der Waals surface area contributed by atoms with E-state index in [1.54, 1.807) is 0 Å². The average molecular weight is 407 g/mol. The van der Waals surface area contributed by atoms with Gasteiger partial charge in [0.15, 0.2) is 0 Å². The Morgan fingerprint density at radius 2 is 1.61 bits per heavy atom. The maximum atomic E-state index is 6.68. The SMILES string of the molecule is C[C](C)=[Ti]([O]c1c(C)c(C)c(C)c([SiH3])c1C)[C]1=CC=CC1.Cl.Cl. The van der Waals surface area contributed by atoms with Crippen molar-refractivity contribution in [3.05, 3.63) is 44.4 Å². The third-order valence-corrected chi connectivity index (χ3v) is 9.70.